The topological polar surface area (TPSA) is 35.6 Å². The molecule has 4 heteroatoms. The van der Waals surface area contributed by atoms with Crippen molar-refractivity contribution in [2.45, 2.75) is 26.9 Å². The monoisotopic (exact) mass is 846 g/mol. The first-order valence-corrected chi connectivity index (χ1v) is 23.0. The smallest absolute Gasteiger partial charge is 0.141 e. The van der Waals surface area contributed by atoms with Gasteiger partial charge in [0.05, 0.1) is 22.1 Å². The van der Waals surface area contributed by atoms with Gasteiger partial charge in [0, 0.05) is 24.2 Å². The van der Waals surface area contributed by atoms with Crippen molar-refractivity contribution in [1.82, 2.24) is 19.1 Å². The first kappa shape index (κ1) is 39.3. The third-order valence-corrected chi connectivity index (χ3v) is 13.3. The molecule has 0 saturated heterocycles. The first-order valence-electron chi connectivity index (χ1n) is 23.0. The summed E-state index contributed by atoms with van der Waals surface area (Å²) in [5.74, 6) is 2.01. The molecule has 66 heavy (non-hydrogen) atoms. The van der Waals surface area contributed by atoms with Gasteiger partial charge in [0.25, 0.3) is 0 Å². The van der Waals surface area contributed by atoms with Crippen LogP contribution in [0.3, 0.4) is 0 Å². The SMILES string of the molecule is CCn1c(-c2ccccc2)nc2cc(-c3ccc(-c4ccc5c(-c6ccccc6)c6cc(-c7ccc8c(c7)nc(-c7ccccc7)n8CC)ccc6c(-c6ccccc6)c5c4)cc3)ccc21. The van der Waals surface area contributed by atoms with Crippen LogP contribution >= 0.6 is 0 Å². The molecule has 0 unspecified atom stereocenters. The van der Waals surface area contributed by atoms with E-state index in [1.165, 1.54) is 66.1 Å². The molecule has 12 rings (SSSR count). The summed E-state index contributed by atoms with van der Waals surface area (Å²) in [6, 6.07) is 79.3. The number of aromatic nitrogens is 4. The van der Waals surface area contributed by atoms with Crippen molar-refractivity contribution < 1.29 is 0 Å². The van der Waals surface area contributed by atoms with Crippen LogP contribution in [0.1, 0.15) is 13.8 Å². The van der Waals surface area contributed by atoms with Gasteiger partial charge in [-0.15, -0.1) is 0 Å². The van der Waals surface area contributed by atoms with Crippen molar-refractivity contribution >= 4 is 43.6 Å². The molecule has 0 saturated carbocycles. The summed E-state index contributed by atoms with van der Waals surface area (Å²) in [5, 5.41) is 4.91. The Morgan fingerprint density at radius 3 is 1.00 bits per heavy atom. The second-order valence-corrected chi connectivity index (χ2v) is 17.1. The standard InChI is InChI=1S/C62H46N4/c1-3-65-57-35-31-49(39-55(57)63-61(65)45-21-13-7-14-22-45)42-27-25-41(26-28-42)47-29-33-51-53(37-47)59(43-17-9-5-10-18-43)52-34-30-48(38-54(52)60(51)44-19-11-6-12-20-44)50-32-36-58-56(40-50)64-62(66(58)4-2)46-23-15-8-16-24-46/h5-40H,3-4H2,1-2H3. The largest absolute Gasteiger partial charge is 0.324 e. The molecule has 0 bridgehead atoms. The molecule has 2 heterocycles. The fraction of sp³-hybridized carbons (Fsp3) is 0.0645. The quantitative estimate of drug-likeness (QED) is 0.136. The van der Waals surface area contributed by atoms with Gasteiger partial charge in [-0.1, -0.05) is 182 Å². The lowest BCUT2D eigenvalue weighted by Crippen LogP contribution is -1.97. The summed E-state index contributed by atoms with van der Waals surface area (Å²) in [7, 11) is 0. The fourth-order valence-electron chi connectivity index (χ4n) is 10.1. The van der Waals surface area contributed by atoms with Crippen molar-refractivity contribution in [2.24, 2.45) is 0 Å². The highest BCUT2D eigenvalue weighted by Crippen LogP contribution is 2.46. The van der Waals surface area contributed by atoms with E-state index in [-0.39, 0.29) is 0 Å². The summed E-state index contributed by atoms with van der Waals surface area (Å²) < 4.78 is 4.62. The van der Waals surface area contributed by atoms with Crippen molar-refractivity contribution in [3.05, 3.63) is 218 Å². The van der Waals surface area contributed by atoms with E-state index < -0.39 is 0 Å². The number of fused-ring (bicyclic) bond motifs is 4. The molecular weight excluding hydrogens is 801 g/mol. The third kappa shape index (κ3) is 6.69. The zero-order valence-corrected chi connectivity index (χ0v) is 37.0. The van der Waals surface area contributed by atoms with Crippen molar-refractivity contribution in [2.75, 3.05) is 0 Å². The average molecular weight is 847 g/mol. The molecule has 0 fully saturated rings. The maximum atomic E-state index is 5.20. The molecule has 10 aromatic carbocycles. The van der Waals surface area contributed by atoms with Crippen LogP contribution in [-0.2, 0) is 13.1 Å². The number of nitrogens with zero attached hydrogens (tertiary/aromatic N) is 4. The van der Waals surface area contributed by atoms with E-state index in [1.807, 2.05) is 0 Å². The van der Waals surface area contributed by atoms with E-state index in [9.17, 15) is 0 Å². The van der Waals surface area contributed by atoms with Gasteiger partial charge in [0.1, 0.15) is 11.6 Å². The number of imidazole rings is 2. The molecule has 0 aliphatic carbocycles. The van der Waals surface area contributed by atoms with Crippen LogP contribution in [0.4, 0.5) is 0 Å². The van der Waals surface area contributed by atoms with Crippen LogP contribution in [0.25, 0.3) is 122 Å². The Hall–Kier alpha value is -8.34. The second-order valence-electron chi connectivity index (χ2n) is 17.1. The normalized spacial score (nSPS) is 11.6. The zero-order valence-electron chi connectivity index (χ0n) is 37.0. The molecule has 0 aliphatic rings. The summed E-state index contributed by atoms with van der Waals surface area (Å²) in [6.07, 6.45) is 0. The van der Waals surface area contributed by atoms with Gasteiger partial charge in [-0.05, 0) is 127 Å². The highest BCUT2D eigenvalue weighted by atomic mass is 15.1. The van der Waals surface area contributed by atoms with E-state index in [0.717, 1.165) is 69.1 Å². The number of rotatable bonds is 9. The minimum atomic E-state index is 0.846. The van der Waals surface area contributed by atoms with Crippen LogP contribution in [0.5, 0.6) is 0 Å². The van der Waals surface area contributed by atoms with Crippen LogP contribution in [0.15, 0.2) is 218 Å². The summed E-state index contributed by atoms with van der Waals surface area (Å²) >= 11 is 0. The lowest BCUT2D eigenvalue weighted by Gasteiger charge is -2.19. The number of hydrogen-bond donors (Lipinski definition) is 0. The van der Waals surface area contributed by atoms with Gasteiger partial charge in [0.15, 0.2) is 0 Å². The molecule has 12 aromatic rings. The number of aryl methyl sites for hydroxylation is 2. The van der Waals surface area contributed by atoms with Crippen LogP contribution in [0.2, 0.25) is 0 Å². The van der Waals surface area contributed by atoms with Crippen molar-refractivity contribution in [3.63, 3.8) is 0 Å². The molecule has 0 aliphatic heterocycles. The Morgan fingerprint density at radius 1 is 0.288 bits per heavy atom. The van der Waals surface area contributed by atoms with E-state index in [4.69, 9.17) is 9.97 Å². The summed E-state index contributed by atoms with van der Waals surface area (Å²) in [6.45, 7) is 6.08. The summed E-state index contributed by atoms with van der Waals surface area (Å²) in [5.41, 5.74) is 18.4. The Kier molecular flexibility index (Phi) is 9.72. The maximum absolute atomic E-state index is 5.20. The minimum absolute atomic E-state index is 0.846. The first-order chi connectivity index (χ1) is 32.6. The molecular formula is C62H46N4. The minimum Gasteiger partial charge on any atom is -0.324 e. The Morgan fingerprint density at radius 2 is 0.606 bits per heavy atom. The summed E-state index contributed by atoms with van der Waals surface area (Å²) in [4.78, 5) is 10.3. The van der Waals surface area contributed by atoms with E-state index >= 15 is 0 Å². The van der Waals surface area contributed by atoms with Gasteiger partial charge in [-0.2, -0.15) is 0 Å². The van der Waals surface area contributed by atoms with Crippen molar-refractivity contribution in [3.8, 4) is 78.4 Å². The van der Waals surface area contributed by atoms with Gasteiger partial charge in [0.2, 0.25) is 0 Å². The van der Waals surface area contributed by atoms with Gasteiger partial charge < -0.3 is 9.13 Å². The van der Waals surface area contributed by atoms with E-state index in [1.54, 1.807) is 0 Å². The fourth-order valence-corrected chi connectivity index (χ4v) is 10.1. The van der Waals surface area contributed by atoms with E-state index in [2.05, 4.69) is 241 Å². The Balaban J connectivity index is 0.986. The van der Waals surface area contributed by atoms with Gasteiger partial charge in [-0.3, -0.25) is 0 Å². The molecule has 4 nitrogen and oxygen atoms in total. The maximum Gasteiger partial charge on any atom is 0.141 e. The lowest BCUT2D eigenvalue weighted by atomic mass is 9.84. The zero-order chi connectivity index (χ0) is 44.1. The number of benzene rings is 10. The Labute approximate surface area is 384 Å². The molecule has 2 aromatic heterocycles. The predicted molar refractivity (Wildman–Crippen MR) is 277 cm³/mol. The average Bonchev–Trinajstić information content (AvgIpc) is 3.96. The lowest BCUT2D eigenvalue weighted by molar-refractivity contribution is 0.796. The van der Waals surface area contributed by atoms with Crippen LogP contribution in [0, 0.1) is 0 Å². The highest BCUT2D eigenvalue weighted by Gasteiger charge is 2.20. The third-order valence-electron chi connectivity index (χ3n) is 13.3. The molecule has 0 N–H and O–H groups in total. The molecule has 0 amide bonds. The molecule has 0 atom stereocenters. The van der Waals surface area contributed by atoms with Crippen molar-refractivity contribution in [1.29, 1.82) is 0 Å². The molecule has 314 valence electrons. The van der Waals surface area contributed by atoms with Gasteiger partial charge in [-0.25, -0.2) is 9.97 Å². The van der Waals surface area contributed by atoms with Crippen LogP contribution in [-0.4, -0.2) is 19.1 Å². The highest BCUT2D eigenvalue weighted by molar-refractivity contribution is 6.22. The predicted octanol–water partition coefficient (Wildman–Crippen LogP) is 16.4. The van der Waals surface area contributed by atoms with Crippen LogP contribution < -0.4 is 0 Å². The van der Waals surface area contributed by atoms with E-state index in [0.29, 0.717) is 0 Å². The van der Waals surface area contributed by atoms with Gasteiger partial charge >= 0.3 is 0 Å². The number of hydrogen-bond acceptors (Lipinski definition) is 2. The molecule has 0 radical (unpaired) electrons. The second kappa shape index (κ2) is 16.3. The molecule has 0 spiro atoms. The Bertz CT molecular complexity index is 3740.